The largest absolute Gasteiger partial charge is 0.381 e. The second kappa shape index (κ2) is 7.87. The van der Waals surface area contributed by atoms with Crippen molar-refractivity contribution in [3.8, 4) is 0 Å². The molecule has 1 aliphatic rings. The van der Waals surface area contributed by atoms with E-state index in [0.717, 1.165) is 45.6 Å². The molecular formula is C17H28N2O2. The van der Waals surface area contributed by atoms with Gasteiger partial charge in [-0.2, -0.15) is 0 Å². The molecule has 0 saturated carbocycles. The zero-order chi connectivity index (χ0) is 15.1. The average molecular weight is 292 g/mol. The van der Waals surface area contributed by atoms with Crippen LogP contribution >= 0.6 is 0 Å². The van der Waals surface area contributed by atoms with Crippen LogP contribution in [-0.2, 0) is 9.47 Å². The van der Waals surface area contributed by atoms with Crippen LogP contribution < -0.4 is 5.32 Å². The molecular weight excluding hydrogens is 264 g/mol. The molecule has 0 aromatic carbocycles. The van der Waals surface area contributed by atoms with Crippen LogP contribution in [0.4, 0.5) is 0 Å². The minimum atomic E-state index is -0.185. The SMILES string of the molecule is CCCNC(c1cnccc1C)C1(OCC)CCOCC1. The molecule has 1 aromatic heterocycles. The van der Waals surface area contributed by atoms with Crippen LogP contribution in [0.1, 0.15) is 50.3 Å². The Hall–Kier alpha value is -0.970. The molecule has 1 saturated heterocycles. The zero-order valence-corrected chi connectivity index (χ0v) is 13.5. The van der Waals surface area contributed by atoms with Crippen LogP contribution in [0.25, 0.3) is 0 Å². The van der Waals surface area contributed by atoms with Crippen molar-refractivity contribution >= 4 is 0 Å². The van der Waals surface area contributed by atoms with Crippen LogP contribution in [0.5, 0.6) is 0 Å². The highest BCUT2D eigenvalue weighted by Crippen LogP contribution is 2.38. The van der Waals surface area contributed by atoms with E-state index in [4.69, 9.17) is 9.47 Å². The average Bonchev–Trinajstić information content (AvgIpc) is 2.50. The fourth-order valence-electron chi connectivity index (χ4n) is 3.17. The van der Waals surface area contributed by atoms with Gasteiger partial charge in [0.2, 0.25) is 0 Å². The van der Waals surface area contributed by atoms with Crippen LogP contribution in [0, 0.1) is 6.92 Å². The lowest BCUT2D eigenvalue weighted by Gasteiger charge is -2.44. The second-order valence-corrected chi connectivity index (χ2v) is 5.73. The highest BCUT2D eigenvalue weighted by Gasteiger charge is 2.42. The number of aryl methyl sites for hydroxylation is 1. The van der Waals surface area contributed by atoms with E-state index < -0.39 is 0 Å². The summed E-state index contributed by atoms with van der Waals surface area (Å²) >= 11 is 0. The van der Waals surface area contributed by atoms with Gasteiger partial charge in [0.05, 0.1) is 11.6 Å². The van der Waals surface area contributed by atoms with E-state index in [0.29, 0.717) is 0 Å². The van der Waals surface area contributed by atoms with E-state index in [1.54, 1.807) is 0 Å². The summed E-state index contributed by atoms with van der Waals surface area (Å²) in [5.41, 5.74) is 2.33. The molecule has 1 aliphatic heterocycles. The summed E-state index contributed by atoms with van der Waals surface area (Å²) in [7, 11) is 0. The minimum Gasteiger partial charge on any atom is -0.381 e. The quantitative estimate of drug-likeness (QED) is 0.839. The van der Waals surface area contributed by atoms with Crippen molar-refractivity contribution in [2.75, 3.05) is 26.4 Å². The number of rotatable bonds is 7. The third kappa shape index (κ3) is 3.82. The van der Waals surface area contributed by atoms with Crippen LogP contribution in [0.3, 0.4) is 0 Å². The van der Waals surface area contributed by atoms with Gasteiger partial charge in [0.1, 0.15) is 0 Å². The summed E-state index contributed by atoms with van der Waals surface area (Å²) in [6.45, 7) is 9.66. The third-order valence-electron chi connectivity index (χ3n) is 4.29. The fraction of sp³-hybridized carbons (Fsp3) is 0.706. The molecule has 0 spiro atoms. The summed E-state index contributed by atoms with van der Waals surface area (Å²) in [5.74, 6) is 0. The van der Waals surface area contributed by atoms with E-state index >= 15 is 0 Å². The number of hydrogen-bond acceptors (Lipinski definition) is 4. The van der Waals surface area contributed by atoms with Gasteiger partial charge in [0, 0.05) is 45.1 Å². The maximum Gasteiger partial charge on any atom is 0.0920 e. The number of nitrogens with zero attached hydrogens (tertiary/aromatic N) is 1. The fourth-order valence-corrected chi connectivity index (χ4v) is 3.17. The number of nitrogens with one attached hydrogen (secondary N) is 1. The number of pyridine rings is 1. The van der Waals surface area contributed by atoms with E-state index in [-0.39, 0.29) is 11.6 Å². The molecule has 1 unspecified atom stereocenters. The molecule has 4 nitrogen and oxygen atoms in total. The molecule has 1 fully saturated rings. The van der Waals surface area contributed by atoms with Crippen molar-refractivity contribution in [3.05, 3.63) is 29.6 Å². The summed E-state index contributed by atoms with van der Waals surface area (Å²) in [4.78, 5) is 4.33. The zero-order valence-electron chi connectivity index (χ0n) is 13.5. The normalized spacial score (nSPS) is 19.4. The lowest BCUT2D eigenvalue weighted by atomic mass is 9.81. The second-order valence-electron chi connectivity index (χ2n) is 5.73. The number of hydrogen-bond donors (Lipinski definition) is 1. The van der Waals surface area contributed by atoms with E-state index in [9.17, 15) is 0 Å². The highest BCUT2D eigenvalue weighted by molar-refractivity contribution is 5.28. The monoisotopic (exact) mass is 292 g/mol. The molecule has 4 heteroatoms. The van der Waals surface area contributed by atoms with Gasteiger partial charge in [-0.15, -0.1) is 0 Å². The summed E-state index contributed by atoms with van der Waals surface area (Å²) in [6, 6.07) is 2.25. The lowest BCUT2D eigenvalue weighted by Crippen LogP contribution is -2.50. The topological polar surface area (TPSA) is 43.4 Å². The smallest absolute Gasteiger partial charge is 0.0920 e. The van der Waals surface area contributed by atoms with Gasteiger partial charge in [-0.05, 0) is 44.0 Å². The first kappa shape index (κ1) is 16.4. The molecule has 0 bridgehead atoms. The van der Waals surface area contributed by atoms with Crippen molar-refractivity contribution in [2.24, 2.45) is 0 Å². The Morgan fingerprint density at radius 3 is 2.76 bits per heavy atom. The van der Waals surface area contributed by atoms with Crippen molar-refractivity contribution in [1.82, 2.24) is 10.3 Å². The molecule has 2 rings (SSSR count). The molecule has 0 amide bonds. The molecule has 1 aromatic rings. The van der Waals surface area contributed by atoms with Gasteiger partial charge >= 0.3 is 0 Å². The predicted molar refractivity (Wildman–Crippen MR) is 84.4 cm³/mol. The first-order chi connectivity index (χ1) is 10.2. The molecule has 0 aliphatic carbocycles. The summed E-state index contributed by atoms with van der Waals surface area (Å²) in [5, 5.41) is 3.70. The first-order valence-electron chi connectivity index (χ1n) is 8.09. The maximum atomic E-state index is 6.27. The van der Waals surface area contributed by atoms with Gasteiger partial charge in [-0.1, -0.05) is 6.92 Å². The molecule has 2 heterocycles. The van der Waals surface area contributed by atoms with Crippen LogP contribution in [-0.4, -0.2) is 37.0 Å². The molecule has 1 atom stereocenters. The minimum absolute atomic E-state index is 0.176. The molecule has 0 radical (unpaired) electrons. The Bertz CT molecular complexity index is 425. The first-order valence-corrected chi connectivity index (χ1v) is 8.09. The van der Waals surface area contributed by atoms with E-state index in [2.05, 4.69) is 37.1 Å². The third-order valence-corrected chi connectivity index (χ3v) is 4.29. The Labute approximate surface area is 128 Å². The van der Waals surface area contributed by atoms with Gasteiger partial charge in [0.15, 0.2) is 0 Å². The van der Waals surface area contributed by atoms with Crippen molar-refractivity contribution < 1.29 is 9.47 Å². The van der Waals surface area contributed by atoms with E-state index in [1.807, 2.05) is 12.4 Å². The van der Waals surface area contributed by atoms with Gasteiger partial charge in [-0.25, -0.2) is 0 Å². The Balaban J connectivity index is 2.34. The van der Waals surface area contributed by atoms with Gasteiger partial charge in [-0.3, -0.25) is 4.98 Å². The van der Waals surface area contributed by atoms with E-state index in [1.165, 1.54) is 11.1 Å². The Kier molecular flexibility index (Phi) is 6.15. The number of ether oxygens (including phenoxy) is 2. The van der Waals surface area contributed by atoms with Gasteiger partial charge in [0.25, 0.3) is 0 Å². The van der Waals surface area contributed by atoms with Crippen molar-refractivity contribution in [3.63, 3.8) is 0 Å². The van der Waals surface area contributed by atoms with Crippen LogP contribution in [0.15, 0.2) is 18.5 Å². The molecule has 21 heavy (non-hydrogen) atoms. The molecule has 1 N–H and O–H groups in total. The van der Waals surface area contributed by atoms with Crippen molar-refractivity contribution in [2.45, 2.75) is 51.7 Å². The summed E-state index contributed by atoms with van der Waals surface area (Å²) in [6.07, 6.45) is 6.80. The Morgan fingerprint density at radius 1 is 1.38 bits per heavy atom. The Morgan fingerprint density at radius 2 is 2.14 bits per heavy atom. The molecule has 118 valence electrons. The van der Waals surface area contributed by atoms with Crippen molar-refractivity contribution in [1.29, 1.82) is 0 Å². The lowest BCUT2D eigenvalue weighted by molar-refractivity contribution is -0.128. The van der Waals surface area contributed by atoms with Crippen LogP contribution in [0.2, 0.25) is 0 Å². The standard InChI is InChI=1S/C17H28N2O2/c1-4-9-19-16(15-13-18-10-6-14(15)3)17(21-5-2)7-11-20-12-8-17/h6,10,13,16,19H,4-5,7-9,11-12H2,1-3H3. The van der Waals surface area contributed by atoms with Gasteiger partial charge < -0.3 is 14.8 Å². The summed E-state index contributed by atoms with van der Waals surface area (Å²) < 4.78 is 11.8. The predicted octanol–water partition coefficient (Wildman–Crippen LogP) is 3.02. The maximum absolute atomic E-state index is 6.27. The number of aromatic nitrogens is 1. The highest BCUT2D eigenvalue weighted by atomic mass is 16.5.